The first-order valence-corrected chi connectivity index (χ1v) is 6.50. The third-order valence-corrected chi connectivity index (χ3v) is 3.08. The Morgan fingerprint density at radius 3 is 2.58 bits per heavy atom. The largest absolute Gasteiger partial charge is 0.360 e. The second-order valence-corrected chi connectivity index (χ2v) is 4.80. The van der Waals surface area contributed by atoms with Crippen LogP contribution in [0.2, 0.25) is 5.02 Å². The van der Waals surface area contributed by atoms with E-state index in [0.717, 1.165) is 10.6 Å². The summed E-state index contributed by atoms with van der Waals surface area (Å²) in [6.07, 6.45) is 3.05. The van der Waals surface area contributed by atoms with Crippen molar-refractivity contribution < 1.29 is 4.79 Å². The lowest BCUT2D eigenvalue weighted by Gasteiger charge is -2.04. The van der Waals surface area contributed by atoms with E-state index >= 15 is 0 Å². The zero-order valence-corrected chi connectivity index (χ0v) is 11.7. The minimum atomic E-state index is -0.0602. The number of hydrogen-bond donors (Lipinski definition) is 2. The summed E-state index contributed by atoms with van der Waals surface area (Å²) in [5.74, 6) is -0.0602. The first-order chi connectivity index (χ1) is 9.16. The average Bonchev–Trinajstić information content (AvgIpc) is 2.42. The topological polar surface area (TPSA) is 29.1 Å². The summed E-state index contributed by atoms with van der Waals surface area (Å²) in [5.41, 5.74) is 1.38. The van der Waals surface area contributed by atoms with Gasteiger partial charge in [-0.3, -0.25) is 4.79 Å². The van der Waals surface area contributed by atoms with Gasteiger partial charge < -0.3 is 5.32 Å². The minimum Gasteiger partial charge on any atom is -0.360 e. The molecule has 0 fully saturated rings. The maximum Gasteiger partial charge on any atom is 0.187 e. The fourth-order valence-corrected chi connectivity index (χ4v) is 2.04. The average molecular weight is 290 g/mol. The van der Waals surface area contributed by atoms with E-state index in [4.69, 9.17) is 11.6 Å². The molecule has 96 valence electrons. The quantitative estimate of drug-likeness (QED) is 0.495. The summed E-state index contributed by atoms with van der Waals surface area (Å²) in [7, 11) is 0. The van der Waals surface area contributed by atoms with Crippen molar-refractivity contribution in [2.75, 3.05) is 5.32 Å². The van der Waals surface area contributed by atoms with Gasteiger partial charge in [0.1, 0.15) is 0 Å². The van der Waals surface area contributed by atoms with Crippen molar-refractivity contribution in [1.29, 1.82) is 0 Å². The summed E-state index contributed by atoms with van der Waals surface area (Å²) in [6.45, 7) is 0. The van der Waals surface area contributed by atoms with Crippen LogP contribution < -0.4 is 5.32 Å². The van der Waals surface area contributed by atoms with Gasteiger partial charge in [-0.05, 0) is 18.2 Å². The van der Waals surface area contributed by atoms with Crippen molar-refractivity contribution >= 4 is 35.7 Å². The number of benzene rings is 2. The van der Waals surface area contributed by atoms with Crippen LogP contribution in [0, 0.1) is 0 Å². The molecule has 0 aromatic heterocycles. The molecule has 0 heterocycles. The van der Waals surface area contributed by atoms with Crippen LogP contribution in [0.5, 0.6) is 0 Å². The Labute approximate surface area is 122 Å². The van der Waals surface area contributed by atoms with Gasteiger partial charge in [-0.2, -0.15) is 0 Å². The van der Waals surface area contributed by atoms with Crippen LogP contribution in [0.1, 0.15) is 10.4 Å². The number of carbonyl (C=O) groups is 1. The molecule has 2 aromatic rings. The molecule has 0 atom stereocenters. The highest BCUT2D eigenvalue weighted by molar-refractivity contribution is 7.80. The third kappa shape index (κ3) is 3.88. The number of carbonyl (C=O) groups excluding carboxylic acids is 1. The van der Waals surface area contributed by atoms with Crippen LogP contribution >= 0.6 is 24.2 Å². The highest BCUT2D eigenvalue weighted by atomic mass is 35.5. The van der Waals surface area contributed by atoms with E-state index in [-0.39, 0.29) is 5.78 Å². The van der Waals surface area contributed by atoms with Gasteiger partial charge in [-0.1, -0.05) is 41.9 Å². The predicted octanol–water partition coefficient (Wildman–Crippen LogP) is 4.44. The number of thiol groups is 1. The van der Waals surface area contributed by atoms with E-state index in [9.17, 15) is 4.79 Å². The van der Waals surface area contributed by atoms with E-state index < -0.39 is 0 Å². The molecule has 0 saturated carbocycles. The molecule has 0 saturated heterocycles. The highest BCUT2D eigenvalue weighted by Gasteiger charge is 2.00. The zero-order chi connectivity index (χ0) is 13.7. The van der Waals surface area contributed by atoms with Gasteiger partial charge in [0.2, 0.25) is 0 Å². The van der Waals surface area contributed by atoms with Crippen molar-refractivity contribution in [3.63, 3.8) is 0 Å². The summed E-state index contributed by atoms with van der Waals surface area (Å²) in [5, 5.41) is 3.53. The molecule has 2 rings (SSSR count). The number of anilines is 1. The lowest BCUT2D eigenvalue weighted by molar-refractivity contribution is 0.104. The van der Waals surface area contributed by atoms with E-state index in [1.54, 1.807) is 24.4 Å². The van der Waals surface area contributed by atoms with Crippen molar-refractivity contribution in [2.24, 2.45) is 0 Å². The summed E-state index contributed by atoms with van der Waals surface area (Å²) in [6, 6.07) is 14.4. The number of allylic oxidation sites excluding steroid dienone is 1. The Kier molecular flexibility index (Phi) is 4.66. The normalized spacial score (nSPS) is 10.6. The van der Waals surface area contributed by atoms with Crippen LogP contribution in [0.25, 0.3) is 0 Å². The molecule has 4 heteroatoms. The Morgan fingerprint density at radius 2 is 1.89 bits per heavy atom. The summed E-state index contributed by atoms with van der Waals surface area (Å²) in [4.78, 5) is 12.6. The van der Waals surface area contributed by atoms with Crippen LogP contribution in [-0.4, -0.2) is 5.78 Å². The minimum absolute atomic E-state index is 0.0602. The number of halogens is 1. The summed E-state index contributed by atoms with van der Waals surface area (Å²) < 4.78 is 0. The van der Waals surface area contributed by atoms with Gasteiger partial charge in [0.05, 0.1) is 10.7 Å². The fraction of sp³-hybridized carbons (Fsp3) is 0. The molecular weight excluding hydrogens is 278 g/mol. The van der Waals surface area contributed by atoms with Gasteiger partial charge in [0, 0.05) is 22.7 Å². The van der Waals surface area contributed by atoms with Gasteiger partial charge in [0.15, 0.2) is 5.78 Å². The summed E-state index contributed by atoms with van der Waals surface area (Å²) >= 11 is 10.2. The second-order valence-electron chi connectivity index (χ2n) is 3.87. The maximum absolute atomic E-state index is 11.8. The molecule has 0 spiro atoms. The number of hydrogen-bond acceptors (Lipinski definition) is 3. The van der Waals surface area contributed by atoms with Gasteiger partial charge in [-0.15, -0.1) is 12.6 Å². The number of nitrogens with one attached hydrogen (secondary N) is 1. The Bertz CT molecular complexity index is 611. The molecule has 2 nitrogen and oxygen atoms in total. The van der Waals surface area contributed by atoms with Gasteiger partial charge in [0.25, 0.3) is 0 Å². The van der Waals surface area contributed by atoms with E-state index in [2.05, 4.69) is 17.9 Å². The van der Waals surface area contributed by atoms with Crippen LogP contribution in [0.3, 0.4) is 0 Å². The maximum atomic E-state index is 11.8. The molecular formula is C15H12ClNOS. The Morgan fingerprint density at radius 1 is 1.16 bits per heavy atom. The standard InChI is InChI=1S/C15H12ClNOS/c16-13-10-12(19)6-7-14(13)17-9-8-15(18)11-4-2-1-3-5-11/h1-10,17,19H/b9-8+. The molecule has 0 unspecified atom stereocenters. The SMILES string of the molecule is O=C(/C=C/Nc1ccc(S)cc1Cl)c1ccccc1. The van der Waals surface area contributed by atoms with Crippen molar-refractivity contribution in [3.05, 3.63) is 71.4 Å². The van der Waals surface area contributed by atoms with E-state index in [1.807, 2.05) is 30.3 Å². The van der Waals surface area contributed by atoms with E-state index in [0.29, 0.717) is 10.6 Å². The van der Waals surface area contributed by atoms with Gasteiger partial charge in [-0.25, -0.2) is 0 Å². The van der Waals surface area contributed by atoms with Crippen LogP contribution in [-0.2, 0) is 0 Å². The molecule has 2 aromatic carbocycles. The molecule has 0 bridgehead atoms. The lowest BCUT2D eigenvalue weighted by atomic mass is 10.1. The molecule has 1 N–H and O–H groups in total. The molecule has 19 heavy (non-hydrogen) atoms. The van der Waals surface area contributed by atoms with Crippen molar-refractivity contribution in [1.82, 2.24) is 0 Å². The molecule has 0 aliphatic carbocycles. The van der Waals surface area contributed by atoms with Crippen LogP contribution in [0.4, 0.5) is 5.69 Å². The first kappa shape index (κ1) is 13.7. The Balaban J connectivity index is 2.02. The predicted molar refractivity (Wildman–Crippen MR) is 82.2 cm³/mol. The highest BCUT2D eigenvalue weighted by Crippen LogP contribution is 2.24. The first-order valence-electron chi connectivity index (χ1n) is 5.68. The van der Waals surface area contributed by atoms with Gasteiger partial charge >= 0.3 is 0 Å². The smallest absolute Gasteiger partial charge is 0.187 e. The molecule has 0 amide bonds. The second kappa shape index (κ2) is 6.45. The third-order valence-electron chi connectivity index (χ3n) is 2.48. The molecule has 0 radical (unpaired) electrons. The van der Waals surface area contributed by atoms with Crippen molar-refractivity contribution in [3.8, 4) is 0 Å². The van der Waals surface area contributed by atoms with Crippen molar-refractivity contribution in [2.45, 2.75) is 4.90 Å². The fourth-order valence-electron chi connectivity index (χ4n) is 1.53. The molecule has 0 aliphatic rings. The number of ketones is 1. The zero-order valence-electron chi connectivity index (χ0n) is 10.0. The Hall–Kier alpha value is -1.71. The number of rotatable bonds is 4. The lowest BCUT2D eigenvalue weighted by Crippen LogP contribution is -1.96. The monoisotopic (exact) mass is 289 g/mol. The molecule has 0 aliphatic heterocycles. The van der Waals surface area contributed by atoms with E-state index in [1.165, 1.54) is 6.08 Å². The van der Waals surface area contributed by atoms with Crippen LogP contribution in [0.15, 0.2) is 65.7 Å².